The highest BCUT2D eigenvalue weighted by Crippen LogP contribution is 2.13. The van der Waals surface area contributed by atoms with Crippen LogP contribution < -0.4 is 0 Å². The third kappa shape index (κ3) is 2.80. The molecular weight excluding hydrogens is 212 g/mol. The molecule has 1 rings (SSSR count). The smallest absolute Gasteiger partial charge is 0.179 e. The monoisotopic (exact) mass is 220 g/mol. The molecule has 0 N–H and O–H groups in total. The van der Waals surface area contributed by atoms with Gasteiger partial charge in [0.15, 0.2) is 9.84 Å². The fourth-order valence-corrected chi connectivity index (χ4v) is 2.25. The lowest BCUT2D eigenvalue weighted by atomic mass is 10.2. The molecule has 1 aromatic rings. The van der Waals surface area contributed by atoms with Crippen LogP contribution >= 0.6 is 0 Å². The first kappa shape index (κ1) is 11.2. The molecule has 1 aromatic carbocycles. The molecule has 0 bridgehead atoms. The van der Waals surface area contributed by atoms with Crippen molar-refractivity contribution in [3.05, 3.63) is 29.8 Å². The van der Waals surface area contributed by atoms with Gasteiger partial charge in [-0.3, -0.25) is 0 Å². The van der Waals surface area contributed by atoms with E-state index in [-0.39, 0.29) is 17.1 Å². The van der Waals surface area contributed by atoms with Gasteiger partial charge in [-0.2, -0.15) is 10.5 Å². The van der Waals surface area contributed by atoms with Crippen LogP contribution in [0.15, 0.2) is 29.2 Å². The van der Waals surface area contributed by atoms with Crippen LogP contribution in [-0.2, 0) is 9.84 Å². The van der Waals surface area contributed by atoms with Crippen LogP contribution in [-0.4, -0.2) is 14.2 Å². The largest absolute Gasteiger partial charge is 0.224 e. The Labute approximate surface area is 88.3 Å². The Morgan fingerprint density at radius 1 is 1.27 bits per heavy atom. The maximum Gasteiger partial charge on any atom is 0.179 e. The quantitative estimate of drug-likeness (QED) is 0.767. The zero-order chi connectivity index (χ0) is 11.3. The summed E-state index contributed by atoms with van der Waals surface area (Å²) in [6, 6.07) is 9.42. The van der Waals surface area contributed by atoms with Crippen molar-refractivity contribution in [3.8, 4) is 12.1 Å². The average molecular weight is 220 g/mol. The summed E-state index contributed by atoms with van der Waals surface area (Å²) in [5, 5.41) is 16.9. The van der Waals surface area contributed by atoms with Gasteiger partial charge in [0.05, 0.1) is 28.4 Å². The molecule has 0 radical (unpaired) electrons. The average Bonchev–Trinajstić information content (AvgIpc) is 2.26. The van der Waals surface area contributed by atoms with E-state index < -0.39 is 9.84 Å². The van der Waals surface area contributed by atoms with Crippen LogP contribution in [0.2, 0.25) is 0 Å². The molecule has 0 aliphatic rings. The summed E-state index contributed by atoms with van der Waals surface area (Å²) in [6.07, 6.45) is -0.0425. The normalized spacial score (nSPS) is 10.3. The maximum absolute atomic E-state index is 11.6. The van der Waals surface area contributed by atoms with Crippen molar-refractivity contribution in [2.24, 2.45) is 0 Å². The number of hydrogen-bond acceptors (Lipinski definition) is 4. The number of nitriles is 2. The minimum Gasteiger partial charge on any atom is -0.224 e. The highest BCUT2D eigenvalue weighted by Gasteiger charge is 2.13. The summed E-state index contributed by atoms with van der Waals surface area (Å²) in [4.78, 5) is 0.0943. The second-order valence-corrected chi connectivity index (χ2v) is 4.98. The minimum atomic E-state index is -3.43. The van der Waals surface area contributed by atoms with E-state index in [0.717, 1.165) is 0 Å². The van der Waals surface area contributed by atoms with Crippen molar-refractivity contribution in [1.29, 1.82) is 10.5 Å². The number of rotatable bonds is 3. The molecule has 5 heteroatoms. The van der Waals surface area contributed by atoms with Crippen LogP contribution in [0.4, 0.5) is 0 Å². The van der Waals surface area contributed by atoms with E-state index in [1.165, 1.54) is 24.3 Å². The number of benzene rings is 1. The van der Waals surface area contributed by atoms with Gasteiger partial charge in [-0.05, 0) is 18.2 Å². The molecule has 0 fully saturated rings. The molecule has 0 unspecified atom stereocenters. The molecule has 76 valence electrons. The first-order valence-electron chi connectivity index (χ1n) is 4.20. The molecule has 0 aromatic heterocycles. The van der Waals surface area contributed by atoms with Crippen molar-refractivity contribution in [3.63, 3.8) is 0 Å². The van der Waals surface area contributed by atoms with Crippen LogP contribution in [0.1, 0.15) is 12.0 Å². The molecule has 0 amide bonds. The van der Waals surface area contributed by atoms with Gasteiger partial charge in [-0.1, -0.05) is 6.07 Å². The molecule has 0 saturated carbocycles. The van der Waals surface area contributed by atoms with Crippen molar-refractivity contribution < 1.29 is 8.42 Å². The van der Waals surface area contributed by atoms with Crippen LogP contribution in [0, 0.1) is 22.7 Å². The Morgan fingerprint density at radius 2 is 2.00 bits per heavy atom. The lowest BCUT2D eigenvalue weighted by molar-refractivity contribution is 0.596. The molecule has 4 nitrogen and oxygen atoms in total. The lowest BCUT2D eigenvalue weighted by Crippen LogP contribution is -2.06. The second kappa shape index (κ2) is 4.59. The standard InChI is InChI=1S/C10H8N2O2S/c11-5-2-6-15(13,14)10-4-1-3-9(7-10)8-12/h1,3-4,7H,2,6H2. The fraction of sp³-hybridized carbons (Fsp3) is 0.200. The first-order chi connectivity index (χ1) is 7.10. The third-order valence-corrected chi connectivity index (χ3v) is 3.52. The zero-order valence-electron chi connectivity index (χ0n) is 7.84. The summed E-state index contributed by atoms with van der Waals surface area (Å²) in [5.74, 6) is -0.210. The second-order valence-electron chi connectivity index (χ2n) is 2.87. The summed E-state index contributed by atoms with van der Waals surface area (Å²) >= 11 is 0. The first-order valence-corrected chi connectivity index (χ1v) is 5.85. The van der Waals surface area contributed by atoms with Gasteiger partial charge >= 0.3 is 0 Å². The van der Waals surface area contributed by atoms with E-state index in [9.17, 15) is 8.42 Å². The molecule has 0 spiro atoms. The number of hydrogen-bond donors (Lipinski definition) is 0. The summed E-state index contributed by atoms with van der Waals surface area (Å²) in [7, 11) is -3.43. The summed E-state index contributed by atoms with van der Waals surface area (Å²) in [6.45, 7) is 0. The SMILES string of the molecule is N#CCCS(=O)(=O)c1cccc(C#N)c1. The molecule has 0 saturated heterocycles. The Balaban J connectivity index is 3.07. The van der Waals surface area contributed by atoms with E-state index in [1.54, 1.807) is 6.07 Å². The molecule has 0 atom stereocenters. The van der Waals surface area contributed by atoms with Crippen molar-refractivity contribution in [2.45, 2.75) is 11.3 Å². The van der Waals surface area contributed by atoms with E-state index in [4.69, 9.17) is 10.5 Å². The minimum absolute atomic E-state index is 0.0425. The highest BCUT2D eigenvalue weighted by atomic mass is 32.2. The zero-order valence-corrected chi connectivity index (χ0v) is 8.66. The molecule has 0 aliphatic heterocycles. The topological polar surface area (TPSA) is 81.7 Å². The Morgan fingerprint density at radius 3 is 2.60 bits per heavy atom. The van der Waals surface area contributed by atoms with Crippen LogP contribution in [0.3, 0.4) is 0 Å². The van der Waals surface area contributed by atoms with Gasteiger partial charge < -0.3 is 0 Å². The number of sulfone groups is 1. The van der Waals surface area contributed by atoms with Crippen molar-refractivity contribution >= 4 is 9.84 Å². The maximum atomic E-state index is 11.6. The van der Waals surface area contributed by atoms with Crippen LogP contribution in [0.5, 0.6) is 0 Å². The highest BCUT2D eigenvalue weighted by molar-refractivity contribution is 7.91. The molecule has 0 aliphatic carbocycles. The van der Waals surface area contributed by atoms with Gasteiger partial charge in [0, 0.05) is 6.42 Å². The predicted molar refractivity (Wildman–Crippen MR) is 53.4 cm³/mol. The fourth-order valence-electron chi connectivity index (χ4n) is 1.06. The number of nitrogens with zero attached hydrogens (tertiary/aromatic N) is 2. The molecule has 15 heavy (non-hydrogen) atoms. The van der Waals surface area contributed by atoms with Crippen molar-refractivity contribution in [1.82, 2.24) is 0 Å². The van der Waals surface area contributed by atoms with Gasteiger partial charge in [0.25, 0.3) is 0 Å². The van der Waals surface area contributed by atoms with Gasteiger partial charge in [-0.15, -0.1) is 0 Å². The van der Waals surface area contributed by atoms with Gasteiger partial charge in [0.1, 0.15) is 0 Å². The summed E-state index contributed by atoms with van der Waals surface area (Å²) in [5.41, 5.74) is 0.299. The Hall–Kier alpha value is -1.85. The molecule has 0 heterocycles. The Bertz CT molecular complexity index is 535. The summed E-state index contributed by atoms with van der Waals surface area (Å²) < 4.78 is 23.2. The van der Waals surface area contributed by atoms with Crippen molar-refractivity contribution in [2.75, 3.05) is 5.75 Å². The van der Waals surface area contributed by atoms with E-state index in [2.05, 4.69) is 0 Å². The van der Waals surface area contributed by atoms with E-state index >= 15 is 0 Å². The van der Waals surface area contributed by atoms with Crippen LogP contribution in [0.25, 0.3) is 0 Å². The third-order valence-electron chi connectivity index (χ3n) is 1.80. The van der Waals surface area contributed by atoms with E-state index in [1.807, 2.05) is 6.07 Å². The van der Waals surface area contributed by atoms with Gasteiger partial charge in [-0.25, -0.2) is 8.42 Å². The predicted octanol–water partition coefficient (Wildman–Crippen LogP) is 1.25. The lowest BCUT2D eigenvalue weighted by Gasteiger charge is -2.01. The van der Waals surface area contributed by atoms with Gasteiger partial charge in [0.2, 0.25) is 0 Å². The Kier molecular flexibility index (Phi) is 3.43. The van der Waals surface area contributed by atoms with E-state index in [0.29, 0.717) is 5.56 Å². The molecular formula is C10H8N2O2S.